The number of fused-ring (bicyclic) bond motifs is 1. The molecule has 7 nitrogen and oxygen atoms in total. The van der Waals surface area contributed by atoms with Gasteiger partial charge in [0.2, 0.25) is 5.75 Å². The van der Waals surface area contributed by atoms with Crippen molar-refractivity contribution in [2.45, 2.75) is 13.8 Å². The van der Waals surface area contributed by atoms with Crippen molar-refractivity contribution in [3.8, 4) is 28.7 Å². The molecule has 0 aliphatic carbocycles. The Hall–Kier alpha value is -2.93. The molecule has 0 saturated heterocycles. The molecule has 8 heteroatoms. The summed E-state index contributed by atoms with van der Waals surface area (Å²) >= 11 is 6.39. The Morgan fingerprint density at radius 3 is 2.67 bits per heavy atom. The molecule has 0 saturated carbocycles. The Kier molecular flexibility index (Phi) is 4.53. The van der Waals surface area contributed by atoms with Crippen LogP contribution in [0.3, 0.4) is 0 Å². The summed E-state index contributed by atoms with van der Waals surface area (Å²) in [6, 6.07) is 5.47. The van der Waals surface area contributed by atoms with Crippen LogP contribution in [0.15, 0.2) is 27.0 Å². The lowest BCUT2D eigenvalue weighted by molar-refractivity contribution is 0.165. The Morgan fingerprint density at radius 2 is 1.93 bits per heavy atom. The SMILES string of the molecule is COc1cc(/C=C(\Cl)c2nnc(-c3cc(C)oc3C)o2)cc2c1OCCO2. The largest absolute Gasteiger partial charge is 0.493 e. The van der Waals surface area contributed by atoms with Gasteiger partial charge in [-0.15, -0.1) is 10.2 Å². The Bertz CT molecular complexity index is 1000. The molecule has 1 aliphatic heterocycles. The van der Waals surface area contributed by atoms with Gasteiger partial charge < -0.3 is 23.0 Å². The van der Waals surface area contributed by atoms with Gasteiger partial charge in [-0.1, -0.05) is 11.6 Å². The minimum Gasteiger partial charge on any atom is -0.493 e. The number of nitrogens with zero attached hydrogens (tertiary/aromatic N) is 2. The van der Waals surface area contributed by atoms with Crippen molar-refractivity contribution in [2.24, 2.45) is 0 Å². The number of rotatable bonds is 4. The number of benzene rings is 1. The van der Waals surface area contributed by atoms with E-state index in [1.807, 2.05) is 26.0 Å². The van der Waals surface area contributed by atoms with Crippen LogP contribution in [-0.2, 0) is 0 Å². The summed E-state index contributed by atoms with van der Waals surface area (Å²) in [5, 5.41) is 8.38. The number of aromatic nitrogens is 2. The highest BCUT2D eigenvalue weighted by Gasteiger charge is 2.19. The molecule has 0 atom stereocenters. The van der Waals surface area contributed by atoms with Gasteiger partial charge in [0.1, 0.15) is 29.8 Å². The molecule has 0 spiro atoms. The standard InChI is InChI=1S/C19H17ClN2O5/c1-10-6-13(11(2)26-10)18-21-22-19(27-18)14(20)7-12-8-15(23-3)17-16(9-12)24-4-5-25-17/h6-9H,4-5H2,1-3H3/b14-7-. The van der Waals surface area contributed by atoms with Crippen LogP contribution >= 0.6 is 11.6 Å². The number of hydrogen-bond acceptors (Lipinski definition) is 7. The fourth-order valence-corrected chi connectivity index (χ4v) is 3.06. The lowest BCUT2D eigenvalue weighted by Gasteiger charge is -2.21. The average Bonchev–Trinajstić information content (AvgIpc) is 3.27. The van der Waals surface area contributed by atoms with E-state index in [9.17, 15) is 0 Å². The molecule has 0 amide bonds. The molecule has 0 N–H and O–H groups in total. The maximum atomic E-state index is 6.39. The van der Waals surface area contributed by atoms with Crippen molar-refractivity contribution in [2.75, 3.05) is 20.3 Å². The summed E-state index contributed by atoms with van der Waals surface area (Å²) in [5.74, 6) is 3.80. The summed E-state index contributed by atoms with van der Waals surface area (Å²) in [7, 11) is 1.57. The zero-order valence-corrected chi connectivity index (χ0v) is 15.8. The van der Waals surface area contributed by atoms with Gasteiger partial charge in [0, 0.05) is 0 Å². The summed E-state index contributed by atoms with van der Waals surface area (Å²) in [6.07, 6.45) is 1.70. The van der Waals surface area contributed by atoms with Gasteiger partial charge in [-0.2, -0.15) is 0 Å². The van der Waals surface area contributed by atoms with E-state index in [0.29, 0.717) is 47.1 Å². The van der Waals surface area contributed by atoms with Gasteiger partial charge in [-0.3, -0.25) is 0 Å². The monoisotopic (exact) mass is 388 g/mol. The van der Waals surface area contributed by atoms with Gasteiger partial charge in [0.15, 0.2) is 11.5 Å². The second-order valence-corrected chi connectivity index (χ2v) is 6.39. The fraction of sp³-hybridized carbons (Fsp3) is 0.263. The number of halogens is 1. The molecular weight excluding hydrogens is 372 g/mol. The molecule has 1 aliphatic rings. The molecular formula is C19H17ClN2O5. The van der Waals surface area contributed by atoms with E-state index < -0.39 is 0 Å². The van der Waals surface area contributed by atoms with Crippen molar-refractivity contribution in [3.05, 3.63) is 41.2 Å². The number of hydrogen-bond donors (Lipinski definition) is 0. The zero-order valence-electron chi connectivity index (χ0n) is 15.0. The van der Waals surface area contributed by atoms with Gasteiger partial charge in [0.05, 0.1) is 12.7 Å². The van der Waals surface area contributed by atoms with E-state index >= 15 is 0 Å². The van der Waals surface area contributed by atoms with Gasteiger partial charge in [-0.05, 0) is 43.7 Å². The summed E-state index contributed by atoms with van der Waals surface area (Å²) < 4.78 is 27.8. The van der Waals surface area contributed by atoms with Crippen molar-refractivity contribution < 1.29 is 23.0 Å². The smallest absolute Gasteiger partial charge is 0.259 e. The number of methoxy groups -OCH3 is 1. The summed E-state index contributed by atoms with van der Waals surface area (Å²) in [5.41, 5.74) is 1.51. The molecule has 0 bridgehead atoms. The summed E-state index contributed by atoms with van der Waals surface area (Å²) in [6.45, 7) is 4.66. The van der Waals surface area contributed by atoms with E-state index in [0.717, 1.165) is 16.9 Å². The minimum absolute atomic E-state index is 0.207. The van der Waals surface area contributed by atoms with Crippen molar-refractivity contribution in [1.82, 2.24) is 10.2 Å². The van der Waals surface area contributed by atoms with Crippen LogP contribution in [0, 0.1) is 13.8 Å². The van der Waals surface area contributed by atoms with Crippen LogP contribution in [-0.4, -0.2) is 30.5 Å². The van der Waals surface area contributed by atoms with Crippen LogP contribution in [0.2, 0.25) is 0 Å². The van der Waals surface area contributed by atoms with Crippen molar-refractivity contribution in [3.63, 3.8) is 0 Å². The van der Waals surface area contributed by atoms with E-state index in [1.165, 1.54) is 0 Å². The number of furan rings is 1. The van der Waals surface area contributed by atoms with Crippen LogP contribution in [0.25, 0.3) is 22.6 Å². The van der Waals surface area contributed by atoms with E-state index in [2.05, 4.69) is 10.2 Å². The maximum Gasteiger partial charge on any atom is 0.259 e. The third-order valence-electron chi connectivity index (χ3n) is 4.04. The molecule has 0 fully saturated rings. The first-order valence-electron chi connectivity index (χ1n) is 8.31. The normalized spacial score (nSPS) is 13.7. The number of aryl methyl sites for hydroxylation is 2. The first kappa shape index (κ1) is 17.5. The van der Waals surface area contributed by atoms with Crippen molar-refractivity contribution >= 4 is 22.7 Å². The van der Waals surface area contributed by atoms with Crippen molar-refractivity contribution in [1.29, 1.82) is 0 Å². The molecule has 3 heterocycles. The van der Waals surface area contributed by atoms with Crippen LogP contribution < -0.4 is 14.2 Å². The molecule has 3 aromatic rings. The number of ether oxygens (including phenoxy) is 3. The molecule has 0 unspecified atom stereocenters. The third-order valence-corrected chi connectivity index (χ3v) is 4.32. The van der Waals surface area contributed by atoms with E-state index in [-0.39, 0.29) is 5.89 Å². The Labute approximate surface area is 160 Å². The first-order valence-corrected chi connectivity index (χ1v) is 8.69. The van der Waals surface area contributed by atoms with Crippen LogP contribution in [0.5, 0.6) is 17.2 Å². The quantitative estimate of drug-likeness (QED) is 0.652. The highest BCUT2D eigenvalue weighted by molar-refractivity contribution is 6.50. The zero-order chi connectivity index (χ0) is 19.0. The lowest BCUT2D eigenvalue weighted by Crippen LogP contribution is -2.16. The molecule has 27 heavy (non-hydrogen) atoms. The maximum absolute atomic E-state index is 6.39. The van der Waals surface area contributed by atoms with E-state index in [4.69, 9.17) is 34.6 Å². The summed E-state index contributed by atoms with van der Waals surface area (Å²) in [4.78, 5) is 0. The second-order valence-electron chi connectivity index (χ2n) is 5.98. The molecule has 2 aromatic heterocycles. The lowest BCUT2D eigenvalue weighted by atomic mass is 10.1. The van der Waals surface area contributed by atoms with Gasteiger partial charge in [0.25, 0.3) is 11.8 Å². The molecule has 1 aromatic carbocycles. The molecule has 4 rings (SSSR count). The Balaban J connectivity index is 1.66. The van der Waals surface area contributed by atoms with Crippen LogP contribution in [0.1, 0.15) is 23.0 Å². The van der Waals surface area contributed by atoms with Crippen LogP contribution in [0.4, 0.5) is 0 Å². The Morgan fingerprint density at radius 1 is 1.11 bits per heavy atom. The van der Waals surface area contributed by atoms with E-state index in [1.54, 1.807) is 19.3 Å². The molecule has 0 radical (unpaired) electrons. The topological polar surface area (TPSA) is 79.8 Å². The first-order chi connectivity index (χ1) is 13.0. The van der Waals surface area contributed by atoms with Gasteiger partial charge in [-0.25, -0.2) is 0 Å². The third kappa shape index (κ3) is 3.38. The predicted octanol–water partition coefficient (Wildman–Crippen LogP) is 4.46. The second kappa shape index (κ2) is 7.00. The predicted molar refractivity (Wildman–Crippen MR) is 99.2 cm³/mol. The highest BCUT2D eigenvalue weighted by atomic mass is 35.5. The fourth-order valence-electron chi connectivity index (χ4n) is 2.86. The minimum atomic E-state index is 0.207. The molecule has 140 valence electrons. The average molecular weight is 389 g/mol. The highest BCUT2D eigenvalue weighted by Crippen LogP contribution is 2.41. The van der Waals surface area contributed by atoms with Gasteiger partial charge >= 0.3 is 0 Å².